The van der Waals surface area contributed by atoms with Crippen molar-refractivity contribution in [2.75, 3.05) is 26.2 Å². The summed E-state index contributed by atoms with van der Waals surface area (Å²) in [6.07, 6.45) is 11.1. The highest BCUT2D eigenvalue weighted by Gasteiger charge is 2.24. The molecule has 116 valence electrons. The lowest BCUT2D eigenvalue weighted by Crippen LogP contribution is -2.50. The molecule has 0 aromatic rings. The van der Waals surface area contributed by atoms with Gasteiger partial charge in [-0.2, -0.15) is 0 Å². The Hall–Kier alpha value is 0.0600. The molecule has 0 aliphatic carbocycles. The van der Waals surface area contributed by atoms with Gasteiger partial charge in [-0.1, -0.05) is 53.4 Å². The molecule has 0 heterocycles. The lowest BCUT2D eigenvalue weighted by atomic mass is 10.1. The van der Waals surface area contributed by atoms with Crippen LogP contribution in [0.3, 0.4) is 0 Å². The first-order valence-electron chi connectivity index (χ1n) is 8.30. The van der Waals surface area contributed by atoms with Crippen molar-refractivity contribution in [2.24, 2.45) is 0 Å². The van der Waals surface area contributed by atoms with E-state index < -0.39 is 0 Å². The second-order valence-electron chi connectivity index (χ2n) is 5.65. The third kappa shape index (κ3) is 11.6. The Morgan fingerprint density at radius 1 is 0.632 bits per heavy atom. The van der Waals surface area contributed by atoms with E-state index >= 15 is 0 Å². The fourth-order valence-corrected chi connectivity index (χ4v) is 2.64. The number of hydrogen-bond acceptors (Lipinski definition) is 1. The van der Waals surface area contributed by atoms with Crippen molar-refractivity contribution in [1.29, 1.82) is 0 Å². The van der Waals surface area contributed by atoms with Crippen molar-refractivity contribution in [1.82, 2.24) is 0 Å². The van der Waals surface area contributed by atoms with Crippen LogP contribution in [0.25, 0.3) is 0 Å². The molecule has 0 atom stereocenters. The average molecular weight is 291 g/mol. The summed E-state index contributed by atoms with van der Waals surface area (Å²) < 4.78 is 9.48. The third-order valence-corrected chi connectivity index (χ3v) is 3.94. The second kappa shape index (κ2) is 16.1. The van der Waals surface area contributed by atoms with Crippen LogP contribution in [0.2, 0.25) is 0 Å². The summed E-state index contributed by atoms with van der Waals surface area (Å²) in [6, 6.07) is 0. The molecule has 0 saturated heterocycles. The Balaban J connectivity index is -0.000000916. The van der Waals surface area contributed by atoms with Gasteiger partial charge >= 0.3 is 1.43 Å². The summed E-state index contributed by atoms with van der Waals surface area (Å²) in [6.45, 7) is 15.0. The van der Waals surface area contributed by atoms with Crippen LogP contribution in [0.5, 0.6) is 0 Å². The molecule has 0 radical (unpaired) electrons. The first-order valence-corrected chi connectivity index (χ1v) is 8.71. The molecule has 0 saturated carbocycles. The Labute approximate surface area is 125 Å². The summed E-state index contributed by atoms with van der Waals surface area (Å²) in [7, 11) is 1.72. The summed E-state index contributed by atoms with van der Waals surface area (Å²) in [5, 5.41) is 0. The predicted octanol–water partition coefficient (Wildman–Crippen LogP) is 5.59. The van der Waals surface area contributed by atoms with Crippen LogP contribution in [-0.2, 0) is 4.57 Å². The molecule has 3 heteroatoms. The van der Waals surface area contributed by atoms with Gasteiger partial charge in [-0.3, -0.25) is 4.57 Å². The van der Waals surface area contributed by atoms with E-state index in [1.54, 1.807) is 9.12 Å². The van der Waals surface area contributed by atoms with Crippen molar-refractivity contribution in [2.45, 2.75) is 79.1 Å². The molecule has 0 aliphatic heterocycles. The molecule has 0 N–H and O–H groups in total. The van der Waals surface area contributed by atoms with Gasteiger partial charge in [-0.15, -0.1) is 0 Å². The minimum absolute atomic E-state index is 0. The first kappa shape index (κ1) is 21.4. The van der Waals surface area contributed by atoms with Crippen molar-refractivity contribution < 1.29 is 10.5 Å². The maximum atomic E-state index is 8.06. The van der Waals surface area contributed by atoms with Crippen LogP contribution >= 0.6 is 9.12 Å². The number of rotatable bonds is 12. The Morgan fingerprint density at radius 2 is 0.842 bits per heavy atom. The number of nitrogens with zero attached hydrogens (tertiary/aromatic N) is 1. The number of quaternary nitrogens is 1. The minimum Gasteiger partial charge on any atom is -0.324 e. The van der Waals surface area contributed by atoms with Gasteiger partial charge in [0, 0.05) is 0 Å². The van der Waals surface area contributed by atoms with Gasteiger partial charge in [0.05, 0.1) is 26.2 Å². The quantitative estimate of drug-likeness (QED) is 0.338. The zero-order valence-corrected chi connectivity index (χ0v) is 14.8. The molecule has 19 heavy (non-hydrogen) atoms. The van der Waals surface area contributed by atoms with Gasteiger partial charge in [-0.05, 0) is 25.7 Å². The summed E-state index contributed by atoms with van der Waals surface area (Å²) >= 11 is 0. The van der Waals surface area contributed by atoms with Gasteiger partial charge in [0.15, 0.2) is 0 Å². The molecule has 0 unspecified atom stereocenters. The van der Waals surface area contributed by atoms with Crippen LogP contribution in [0.4, 0.5) is 0 Å². The van der Waals surface area contributed by atoms with Crippen LogP contribution in [0.15, 0.2) is 0 Å². The normalized spacial score (nSPS) is 10.9. The van der Waals surface area contributed by atoms with E-state index in [2.05, 4.69) is 27.7 Å². The topological polar surface area (TPSA) is 17.1 Å². The highest BCUT2D eigenvalue weighted by molar-refractivity contribution is 7.00. The Morgan fingerprint density at radius 3 is 1.00 bits per heavy atom. The highest BCUT2D eigenvalue weighted by atomic mass is 31.0. The summed E-state index contributed by atoms with van der Waals surface area (Å²) in [5.41, 5.74) is 0. The second-order valence-corrected chi connectivity index (χ2v) is 5.65. The predicted molar refractivity (Wildman–Crippen MR) is 89.5 cm³/mol. The molecular weight excluding hydrogens is 253 g/mol. The Kier molecular flexibility index (Phi) is 18.1. The van der Waals surface area contributed by atoms with Crippen LogP contribution < -0.4 is 0 Å². The van der Waals surface area contributed by atoms with Gasteiger partial charge in [0.1, 0.15) is 9.12 Å². The third-order valence-electron chi connectivity index (χ3n) is 3.94. The molecule has 0 amide bonds. The average Bonchev–Trinajstić information content (AvgIpc) is 2.48. The molecule has 0 aliphatic rings. The van der Waals surface area contributed by atoms with Crippen LogP contribution in [-0.4, -0.2) is 30.7 Å². The Bertz CT molecular complexity index is 144. The molecule has 0 fully saturated rings. The van der Waals surface area contributed by atoms with Gasteiger partial charge < -0.3 is 4.48 Å². The standard InChI is InChI=1S/C16H36N.HOP/c1-5-9-13-17(14-10-6-2,15-11-7-3)16-12-8-4;1-2/h5-16H2,1-4H3;2H/q+1;/p+1. The fraction of sp³-hybridized carbons (Fsp3) is 1.00. The largest absolute Gasteiger partial charge is 1.00 e. The van der Waals surface area contributed by atoms with E-state index in [-0.39, 0.29) is 1.43 Å². The zero-order chi connectivity index (χ0) is 15.0. The molecule has 0 aromatic heterocycles. The maximum Gasteiger partial charge on any atom is 1.00 e. The number of unbranched alkanes of at least 4 members (excludes halogenated alkanes) is 4. The van der Waals surface area contributed by atoms with E-state index in [0.717, 1.165) is 0 Å². The van der Waals surface area contributed by atoms with E-state index in [1.165, 1.54) is 82.0 Å². The minimum atomic E-state index is 0. The molecular formula is C16H38NOP+2. The number of hydrogen-bond donors (Lipinski definition) is 0. The molecule has 2 nitrogen and oxygen atoms in total. The molecule has 0 spiro atoms. The van der Waals surface area contributed by atoms with Crippen molar-refractivity contribution in [3.63, 3.8) is 0 Å². The lowest BCUT2D eigenvalue weighted by Gasteiger charge is -2.39. The van der Waals surface area contributed by atoms with E-state index in [4.69, 9.17) is 4.57 Å². The van der Waals surface area contributed by atoms with E-state index in [9.17, 15) is 0 Å². The van der Waals surface area contributed by atoms with Crippen molar-refractivity contribution in [3.8, 4) is 0 Å². The smallest absolute Gasteiger partial charge is 0.324 e. The summed E-state index contributed by atoms with van der Waals surface area (Å²) in [4.78, 5) is 0. The maximum absolute atomic E-state index is 8.06. The van der Waals surface area contributed by atoms with Crippen LogP contribution in [0.1, 0.15) is 80.5 Å². The molecule has 0 aromatic carbocycles. The SMILES string of the molecule is CCCC[N+](CCCC)(CCCC)CCCC.O=P.[H+]. The van der Waals surface area contributed by atoms with Crippen molar-refractivity contribution in [3.05, 3.63) is 0 Å². The molecule has 0 bridgehead atoms. The molecule has 0 rings (SSSR count). The van der Waals surface area contributed by atoms with E-state index in [1.807, 2.05) is 0 Å². The van der Waals surface area contributed by atoms with E-state index in [0.29, 0.717) is 0 Å². The fourth-order valence-electron chi connectivity index (χ4n) is 2.64. The van der Waals surface area contributed by atoms with Crippen LogP contribution in [0, 0.1) is 0 Å². The van der Waals surface area contributed by atoms with Gasteiger partial charge in [-0.25, -0.2) is 0 Å². The van der Waals surface area contributed by atoms with Gasteiger partial charge in [0.25, 0.3) is 0 Å². The monoisotopic (exact) mass is 291 g/mol. The summed E-state index contributed by atoms with van der Waals surface area (Å²) in [5.74, 6) is 0. The van der Waals surface area contributed by atoms with Gasteiger partial charge in [0.2, 0.25) is 0 Å². The lowest BCUT2D eigenvalue weighted by molar-refractivity contribution is -0.929. The first-order chi connectivity index (χ1) is 9.24. The zero-order valence-electron chi connectivity index (χ0n) is 14.8. The highest BCUT2D eigenvalue weighted by Crippen LogP contribution is 2.16. The van der Waals surface area contributed by atoms with Crippen molar-refractivity contribution >= 4 is 9.12 Å².